The second-order valence-corrected chi connectivity index (χ2v) is 6.41. The van der Waals surface area contributed by atoms with E-state index in [1.807, 2.05) is 0 Å². The van der Waals surface area contributed by atoms with Crippen molar-refractivity contribution in [2.75, 3.05) is 0 Å². The summed E-state index contributed by atoms with van der Waals surface area (Å²) in [5.41, 5.74) is 4.08. The molecule has 0 aliphatic heterocycles. The lowest BCUT2D eigenvalue weighted by molar-refractivity contribution is 0.480. The van der Waals surface area contributed by atoms with Crippen LogP contribution in [0.3, 0.4) is 0 Å². The van der Waals surface area contributed by atoms with E-state index < -0.39 is 0 Å². The Kier molecular flexibility index (Phi) is 2.94. The summed E-state index contributed by atoms with van der Waals surface area (Å²) in [6.07, 6.45) is 5.69. The van der Waals surface area contributed by atoms with Crippen molar-refractivity contribution >= 4 is 11.6 Å². The molecule has 2 aliphatic rings. The summed E-state index contributed by atoms with van der Waals surface area (Å²) in [4.78, 5) is 0. The summed E-state index contributed by atoms with van der Waals surface area (Å²) in [5, 5.41) is 0.252. The summed E-state index contributed by atoms with van der Waals surface area (Å²) in [7, 11) is 0. The Balaban J connectivity index is 1.78. The Bertz CT molecular complexity index is 412. The van der Waals surface area contributed by atoms with Gasteiger partial charge in [-0.05, 0) is 61.1 Å². The molecule has 1 aromatic rings. The number of alkyl halides is 1. The maximum atomic E-state index is 6.70. The zero-order valence-corrected chi connectivity index (χ0v) is 11.5. The van der Waals surface area contributed by atoms with E-state index in [4.69, 9.17) is 11.6 Å². The van der Waals surface area contributed by atoms with Gasteiger partial charge in [-0.1, -0.05) is 31.0 Å². The number of rotatable bonds is 2. The van der Waals surface area contributed by atoms with Gasteiger partial charge in [0.1, 0.15) is 0 Å². The first-order chi connectivity index (χ1) is 8.18. The molecule has 2 aliphatic carbocycles. The lowest BCUT2D eigenvalue weighted by Gasteiger charge is -2.11. The summed E-state index contributed by atoms with van der Waals surface area (Å²) in [6.45, 7) is 4.35. The topological polar surface area (TPSA) is 0 Å². The quantitative estimate of drug-likeness (QED) is 0.645. The van der Waals surface area contributed by atoms with E-state index in [1.54, 1.807) is 0 Å². The maximum absolute atomic E-state index is 6.70. The first kappa shape index (κ1) is 11.6. The predicted molar refractivity (Wildman–Crippen MR) is 73.4 cm³/mol. The lowest BCUT2D eigenvalue weighted by Crippen LogP contribution is -1.97. The highest BCUT2D eigenvalue weighted by Gasteiger charge is 2.53. The van der Waals surface area contributed by atoms with Crippen molar-refractivity contribution in [3.63, 3.8) is 0 Å². The van der Waals surface area contributed by atoms with E-state index in [0.717, 1.165) is 17.8 Å². The molecular formula is C16H21Cl. The van der Waals surface area contributed by atoms with Crippen LogP contribution in [0.5, 0.6) is 0 Å². The normalized spacial score (nSPS) is 33.0. The van der Waals surface area contributed by atoms with E-state index in [1.165, 1.54) is 42.4 Å². The predicted octanol–water partition coefficient (Wildman–Crippen LogP) is 5.02. The Morgan fingerprint density at radius 3 is 2.29 bits per heavy atom. The second kappa shape index (κ2) is 4.31. The van der Waals surface area contributed by atoms with E-state index in [0.29, 0.717) is 0 Å². The molecule has 0 nitrogen and oxygen atoms in total. The van der Waals surface area contributed by atoms with Crippen molar-refractivity contribution in [2.24, 2.45) is 17.8 Å². The Morgan fingerprint density at radius 1 is 1.06 bits per heavy atom. The molecule has 2 saturated carbocycles. The molecule has 0 aromatic heterocycles. The summed E-state index contributed by atoms with van der Waals surface area (Å²) in [6, 6.07) is 6.73. The molecular weight excluding hydrogens is 228 g/mol. The first-order valence-electron chi connectivity index (χ1n) is 6.89. The van der Waals surface area contributed by atoms with Crippen molar-refractivity contribution in [2.45, 2.75) is 44.9 Å². The molecule has 3 rings (SSSR count). The molecule has 1 aromatic carbocycles. The van der Waals surface area contributed by atoms with Crippen LogP contribution < -0.4 is 0 Å². The fourth-order valence-electron chi connectivity index (χ4n) is 3.64. The summed E-state index contributed by atoms with van der Waals surface area (Å²) in [5.74, 6) is 2.64. The van der Waals surface area contributed by atoms with Crippen LogP contribution in [-0.2, 0) is 0 Å². The lowest BCUT2D eigenvalue weighted by atomic mass is 10.0. The van der Waals surface area contributed by atoms with Gasteiger partial charge >= 0.3 is 0 Å². The average Bonchev–Trinajstić information content (AvgIpc) is 3.06. The van der Waals surface area contributed by atoms with Crippen LogP contribution >= 0.6 is 11.6 Å². The van der Waals surface area contributed by atoms with E-state index >= 15 is 0 Å². The number of hydrogen-bond acceptors (Lipinski definition) is 0. The minimum atomic E-state index is 0.252. The SMILES string of the molecule is Cc1ccc(C(Cl)C2C3CCCCC32)cc1C. The Labute approximate surface area is 109 Å². The van der Waals surface area contributed by atoms with Gasteiger partial charge in [0, 0.05) is 0 Å². The third-order valence-corrected chi connectivity index (χ3v) is 5.45. The highest BCUT2D eigenvalue weighted by molar-refractivity contribution is 6.21. The molecule has 0 spiro atoms. The molecule has 0 saturated heterocycles. The molecule has 0 N–H and O–H groups in total. The monoisotopic (exact) mass is 248 g/mol. The number of fused-ring (bicyclic) bond motifs is 1. The fraction of sp³-hybridized carbons (Fsp3) is 0.625. The number of benzene rings is 1. The van der Waals surface area contributed by atoms with E-state index in [-0.39, 0.29) is 5.38 Å². The average molecular weight is 249 g/mol. The minimum absolute atomic E-state index is 0.252. The van der Waals surface area contributed by atoms with Gasteiger partial charge in [0.05, 0.1) is 5.38 Å². The van der Waals surface area contributed by atoms with Gasteiger partial charge in [0.15, 0.2) is 0 Å². The number of hydrogen-bond donors (Lipinski definition) is 0. The summed E-state index contributed by atoms with van der Waals surface area (Å²) >= 11 is 6.70. The molecule has 3 unspecified atom stereocenters. The number of halogens is 1. The highest BCUT2D eigenvalue weighted by Crippen LogP contribution is 2.62. The molecule has 1 heteroatoms. The smallest absolute Gasteiger partial charge is 0.0619 e. The molecule has 0 amide bonds. The van der Waals surface area contributed by atoms with Crippen molar-refractivity contribution in [1.29, 1.82) is 0 Å². The molecule has 0 radical (unpaired) electrons. The zero-order valence-electron chi connectivity index (χ0n) is 10.7. The highest BCUT2D eigenvalue weighted by atomic mass is 35.5. The van der Waals surface area contributed by atoms with Crippen molar-refractivity contribution in [1.82, 2.24) is 0 Å². The van der Waals surface area contributed by atoms with Crippen molar-refractivity contribution in [3.8, 4) is 0 Å². The van der Waals surface area contributed by atoms with Crippen molar-refractivity contribution < 1.29 is 0 Å². The van der Waals surface area contributed by atoms with Crippen LogP contribution in [0.25, 0.3) is 0 Å². The van der Waals surface area contributed by atoms with Gasteiger partial charge < -0.3 is 0 Å². The van der Waals surface area contributed by atoms with Gasteiger partial charge in [-0.15, -0.1) is 11.6 Å². The van der Waals surface area contributed by atoms with Gasteiger partial charge in [-0.25, -0.2) is 0 Å². The van der Waals surface area contributed by atoms with Crippen LogP contribution in [0.15, 0.2) is 18.2 Å². The zero-order chi connectivity index (χ0) is 12.0. The molecule has 0 heterocycles. The van der Waals surface area contributed by atoms with Gasteiger partial charge in [0.25, 0.3) is 0 Å². The van der Waals surface area contributed by atoms with Gasteiger partial charge in [-0.2, -0.15) is 0 Å². The van der Waals surface area contributed by atoms with Crippen LogP contribution in [0.4, 0.5) is 0 Å². The van der Waals surface area contributed by atoms with Crippen molar-refractivity contribution in [3.05, 3.63) is 34.9 Å². The minimum Gasteiger partial charge on any atom is -0.117 e. The molecule has 17 heavy (non-hydrogen) atoms. The molecule has 92 valence electrons. The van der Waals surface area contributed by atoms with E-state index in [2.05, 4.69) is 32.0 Å². The Morgan fingerprint density at radius 2 is 1.71 bits per heavy atom. The molecule has 0 bridgehead atoms. The van der Waals surface area contributed by atoms with Gasteiger partial charge in [-0.3, -0.25) is 0 Å². The Hall–Kier alpha value is -0.490. The summed E-state index contributed by atoms with van der Waals surface area (Å²) < 4.78 is 0. The third-order valence-electron chi connectivity index (χ3n) is 4.91. The number of aryl methyl sites for hydroxylation is 2. The fourth-order valence-corrected chi connectivity index (χ4v) is 4.15. The maximum Gasteiger partial charge on any atom is 0.0619 e. The second-order valence-electron chi connectivity index (χ2n) is 5.93. The standard InChI is InChI=1S/C16H21Cl/c1-10-7-8-12(9-11(10)2)16(17)15-13-5-3-4-6-14(13)15/h7-9,13-16H,3-6H2,1-2H3. The van der Waals surface area contributed by atoms with Crippen LogP contribution in [0.1, 0.15) is 47.8 Å². The third kappa shape index (κ3) is 2.01. The van der Waals surface area contributed by atoms with Crippen LogP contribution in [-0.4, -0.2) is 0 Å². The molecule has 3 atom stereocenters. The first-order valence-corrected chi connectivity index (χ1v) is 7.33. The van der Waals surface area contributed by atoms with E-state index in [9.17, 15) is 0 Å². The molecule has 2 fully saturated rings. The van der Waals surface area contributed by atoms with Gasteiger partial charge in [0.2, 0.25) is 0 Å². The van der Waals surface area contributed by atoms with Crippen LogP contribution in [0, 0.1) is 31.6 Å². The largest absolute Gasteiger partial charge is 0.117 e. The van der Waals surface area contributed by atoms with Crippen LogP contribution in [0.2, 0.25) is 0 Å².